The Balaban J connectivity index is 2.16. The van der Waals surface area contributed by atoms with Crippen LogP contribution in [0.25, 0.3) is 0 Å². The summed E-state index contributed by atoms with van der Waals surface area (Å²) in [6.45, 7) is 0. The van der Waals surface area contributed by atoms with Gasteiger partial charge >= 0.3 is 0 Å². The maximum atomic E-state index is 12.3. The molecule has 1 aliphatic rings. The molecule has 0 aliphatic carbocycles. The summed E-state index contributed by atoms with van der Waals surface area (Å²) >= 11 is 0. The number of fused-ring (bicyclic) bond motifs is 2. The van der Waals surface area contributed by atoms with Crippen LogP contribution < -0.4 is 4.74 Å². The lowest BCUT2D eigenvalue weighted by atomic mass is 10.0. The first-order valence-electron chi connectivity index (χ1n) is 6.19. The fourth-order valence-electron chi connectivity index (χ4n) is 2.30. The fourth-order valence-corrected chi connectivity index (χ4v) is 2.87. The van der Waals surface area contributed by atoms with Crippen LogP contribution in [0.5, 0.6) is 23.0 Å². The highest BCUT2D eigenvalue weighted by Gasteiger charge is 2.25. The zero-order valence-corrected chi connectivity index (χ0v) is 11.9. The van der Waals surface area contributed by atoms with Gasteiger partial charge in [0.2, 0.25) is 0 Å². The minimum atomic E-state index is -1.16. The zero-order valence-electron chi connectivity index (χ0n) is 11.1. The second-order valence-corrected chi connectivity index (χ2v) is 6.14. The van der Waals surface area contributed by atoms with Crippen molar-refractivity contribution >= 4 is 16.6 Å². The largest absolute Gasteiger partial charge is 0.508 e. The van der Waals surface area contributed by atoms with E-state index in [2.05, 4.69) is 0 Å². The number of carbonyl (C=O) groups excluding carboxylic acids is 1. The van der Waals surface area contributed by atoms with E-state index in [1.807, 2.05) is 0 Å². The van der Waals surface area contributed by atoms with Crippen molar-refractivity contribution in [3.63, 3.8) is 0 Å². The second-order valence-electron chi connectivity index (χ2n) is 4.76. The molecule has 21 heavy (non-hydrogen) atoms. The van der Waals surface area contributed by atoms with Crippen molar-refractivity contribution in [3.8, 4) is 23.0 Å². The standard InChI is InChI=1S/C15H12O5S/c1-21(19)10-2-3-13-8(4-10)5-11(17)15-12(18)6-9(16)7-14(15)20-13/h2-4,6-7,16,18H,5H2,1H3. The van der Waals surface area contributed by atoms with Crippen molar-refractivity contribution in [2.45, 2.75) is 11.3 Å². The molecule has 0 saturated carbocycles. The highest BCUT2D eigenvalue weighted by Crippen LogP contribution is 2.40. The fraction of sp³-hybridized carbons (Fsp3) is 0.133. The van der Waals surface area contributed by atoms with Crippen LogP contribution in [-0.2, 0) is 17.2 Å². The monoisotopic (exact) mass is 304 g/mol. The summed E-state index contributed by atoms with van der Waals surface area (Å²) in [5.74, 6) is -0.265. The summed E-state index contributed by atoms with van der Waals surface area (Å²) in [6, 6.07) is 7.34. The molecular weight excluding hydrogens is 292 g/mol. The molecule has 0 aromatic heterocycles. The summed E-state index contributed by atoms with van der Waals surface area (Å²) in [5.41, 5.74) is 0.644. The van der Waals surface area contributed by atoms with Crippen molar-refractivity contribution in [1.29, 1.82) is 0 Å². The van der Waals surface area contributed by atoms with Crippen molar-refractivity contribution in [3.05, 3.63) is 41.5 Å². The van der Waals surface area contributed by atoms with Crippen LogP contribution in [0, 0.1) is 0 Å². The highest BCUT2D eigenvalue weighted by molar-refractivity contribution is 7.84. The average Bonchev–Trinajstić information content (AvgIpc) is 2.52. The number of Topliss-reactive ketones (excluding diaryl/α,β-unsaturated/α-hetero) is 1. The van der Waals surface area contributed by atoms with Gasteiger partial charge in [0.1, 0.15) is 28.6 Å². The molecule has 0 spiro atoms. The van der Waals surface area contributed by atoms with Crippen LogP contribution in [-0.4, -0.2) is 26.5 Å². The normalized spacial score (nSPS) is 14.6. The van der Waals surface area contributed by atoms with Gasteiger partial charge in [-0.3, -0.25) is 9.00 Å². The molecule has 1 unspecified atom stereocenters. The summed E-state index contributed by atoms with van der Waals surface area (Å²) in [4.78, 5) is 12.9. The summed E-state index contributed by atoms with van der Waals surface area (Å²) in [5, 5.41) is 19.4. The van der Waals surface area contributed by atoms with Crippen molar-refractivity contribution in [2.75, 3.05) is 6.26 Å². The Kier molecular flexibility index (Phi) is 3.17. The quantitative estimate of drug-likeness (QED) is 0.845. The van der Waals surface area contributed by atoms with Gasteiger partial charge in [-0.1, -0.05) is 0 Å². The number of benzene rings is 2. The van der Waals surface area contributed by atoms with E-state index in [1.165, 1.54) is 6.07 Å². The molecule has 1 atom stereocenters. The SMILES string of the molecule is CS(=O)c1ccc2c(c1)CC(=O)c1c(O)cc(O)cc1O2. The Labute approximate surface area is 123 Å². The van der Waals surface area contributed by atoms with Crippen molar-refractivity contribution in [1.82, 2.24) is 0 Å². The molecule has 6 heteroatoms. The number of carbonyl (C=O) groups is 1. The molecule has 0 fully saturated rings. The number of phenols is 2. The van der Waals surface area contributed by atoms with E-state index in [0.717, 1.165) is 6.07 Å². The molecule has 2 N–H and O–H groups in total. The van der Waals surface area contributed by atoms with E-state index in [0.29, 0.717) is 16.2 Å². The molecule has 0 saturated heterocycles. The number of hydrogen-bond acceptors (Lipinski definition) is 5. The molecule has 1 aliphatic heterocycles. The van der Waals surface area contributed by atoms with Gasteiger partial charge in [-0.15, -0.1) is 0 Å². The van der Waals surface area contributed by atoms with Gasteiger partial charge in [-0.25, -0.2) is 0 Å². The molecule has 108 valence electrons. The molecule has 2 aromatic carbocycles. The summed E-state index contributed by atoms with van der Waals surface area (Å²) < 4.78 is 17.2. The predicted molar refractivity (Wildman–Crippen MR) is 76.7 cm³/mol. The Morgan fingerprint density at radius 3 is 2.62 bits per heavy atom. The third-order valence-corrected chi connectivity index (χ3v) is 4.20. The maximum Gasteiger partial charge on any atom is 0.174 e. The van der Waals surface area contributed by atoms with Gasteiger partial charge in [0, 0.05) is 46.1 Å². The van der Waals surface area contributed by atoms with E-state index < -0.39 is 10.8 Å². The first kappa shape index (κ1) is 13.6. The van der Waals surface area contributed by atoms with Gasteiger partial charge in [0.15, 0.2) is 5.78 Å². The molecule has 0 bridgehead atoms. The van der Waals surface area contributed by atoms with Crippen LogP contribution >= 0.6 is 0 Å². The average molecular weight is 304 g/mol. The smallest absolute Gasteiger partial charge is 0.174 e. The number of rotatable bonds is 1. The number of phenolic OH excluding ortho intramolecular Hbond substituents is 2. The van der Waals surface area contributed by atoms with E-state index in [-0.39, 0.29) is 35.0 Å². The number of ketones is 1. The minimum absolute atomic E-state index is 0.0334. The Bertz CT molecular complexity index is 782. The van der Waals surface area contributed by atoms with Gasteiger partial charge in [-0.05, 0) is 18.2 Å². The van der Waals surface area contributed by atoms with Crippen molar-refractivity contribution in [2.24, 2.45) is 0 Å². The van der Waals surface area contributed by atoms with Crippen LogP contribution in [0.15, 0.2) is 35.2 Å². The summed E-state index contributed by atoms with van der Waals surface area (Å²) in [6.07, 6.45) is 1.59. The Morgan fingerprint density at radius 2 is 1.90 bits per heavy atom. The van der Waals surface area contributed by atoms with E-state index in [4.69, 9.17) is 4.74 Å². The van der Waals surface area contributed by atoms with Crippen LogP contribution in [0.1, 0.15) is 15.9 Å². The predicted octanol–water partition coefficient (Wildman–Crippen LogP) is 2.37. The van der Waals surface area contributed by atoms with Crippen LogP contribution in [0.2, 0.25) is 0 Å². The maximum absolute atomic E-state index is 12.3. The van der Waals surface area contributed by atoms with Crippen LogP contribution in [0.4, 0.5) is 0 Å². The van der Waals surface area contributed by atoms with Gasteiger partial charge in [0.25, 0.3) is 0 Å². The number of aromatic hydroxyl groups is 2. The van der Waals surface area contributed by atoms with E-state index in [1.54, 1.807) is 24.5 Å². The molecule has 3 rings (SSSR count). The third kappa shape index (κ3) is 2.38. The van der Waals surface area contributed by atoms with Gasteiger partial charge in [0.05, 0.1) is 0 Å². The Hall–Kier alpha value is -2.34. The molecule has 5 nitrogen and oxygen atoms in total. The molecule has 2 aromatic rings. The first-order valence-corrected chi connectivity index (χ1v) is 7.75. The Morgan fingerprint density at radius 1 is 1.14 bits per heavy atom. The second kappa shape index (κ2) is 4.89. The molecule has 1 heterocycles. The van der Waals surface area contributed by atoms with Crippen LogP contribution in [0.3, 0.4) is 0 Å². The third-order valence-electron chi connectivity index (χ3n) is 3.28. The van der Waals surface area contributed by atoms with E-state index in [9.17, 15) is 19.2 Å². The lowest BCUT2D eigenvalue weighted by Crippen LogP contribution is -2.02. The minimum Gasteiger partial charge on any atom is -0.508 e. The lowest BCUT2D eigenvalue weighted by molar-refractivity contribution is 0.0991. The zero-order chi connectivity index (χ0) is 15.1. The van der Waals surface area contributed by atoms with Gasteiger partial charge in [-0.2, -0.15) is 0 Å². The number of ether oxygens (including phenoxy) is 1. The van der Waals surface area contributed by atoms with E-state index >= 15 is 0 Å². The summed E-state index contributed by atoms with van der Waals surface area (Å²) in [7, 11) is -1.16. The highest BCUT2D eigenvalue weighted by atomic mass is 32.2. The molecular formula is C15H12O5S. The lowest BCUT2D eigenvalue weighted by Gasteiger charge is -2.10. The number of hydrogen-bond donors (Lipinski definition) is 2. The topological polar surface area (TPSA) is 83.8 Å². The molecule has 0 amide bonds. The van der Waals surface area contributed by atoms with Gasteiger partial charge < -0.3 is 14.9 Å². The van der Waals surface area contributed by atoms with Crippen molar-refractivity contribution < 1.29 is 24.0 Å². The first-order chi connectivity index (χ1) is 9.95. The molecule has 0 radical (unpaired) electrons.